The van der Waals surface area contributed by atoms with E-state index in [1.807, 2.05) is 0 Å². The van der Waals surface area contributed by atoms with Gasteiger partial charge in [0.2, 0.25) is 5.75 Å². The van der Waals surface area contributed by atoms with Crippen molar-refractivity contribution in [1.29, 1.82) is 0 Å². The van der Waals surface area contributed by atoms with Crippen LogP contribution in [0.3, 0.4) is 0 Å². The van der Waals surface area contributed by atoms with Gasteiger partial charge in [-0.2, -0.15) is 0 Å². The quantitative estimate of drug-likeness (QED) is 0.360. The van der Waals surface area contributed by atoms with Crippen molar-refractivity contribution in [3.05, 3.63) is 35.9 Å². The van der Waals surface area contributed by atoms with Gasteiger partial charge in [0, 0.05) is 6.54 Å². The van der Waals surface area contributed by atoms with Crippen molar-refractivity contribution in [1.82, 2.24) is 10.2 Å². The minimum Gasteiger partial charge on any atom is -0.504 e. The number of aromatic hydroxyl groups is 1. The first kappa shape index (κ1) is 17.5. The van der Waals surface area contributed by atoms with Crippen LogP contribution in [0.15, 0.2) is 30.4 Å². The van der Waals surface area contributed by atoms with E-state index in [2.05, 4.69) is 11.9 Å². The first-order valence-electron chi connectivity index (χ1n) is 6.87. The summed E-state index contributed by atoms with van der Waals surface area (Å²) in [6.45, 7) is 3.73. The van der Waals surface area contributed by atoms with E-state index < -0.39 is 11.8 Å². The van der Waals surface area contributed by atoms with Crippen molar-refractivity contribution in [2.75, 3.05) is 20.8 Å². The standard InChI is InChI=1S/C16H16N2O5S/c1-4-5-18-15(21)10(14(20)17-16(18)24)6-9-7-11(19)13(23-3)12(8-9)22-2/h4,6-8,19H,1,5H2,2-3H3,(H,17,20,24)/b10-6+. The van der Waals surface area contributed by atoms with Crippen LogP contribution < -0.4 is 14.8 Å². The van der Waals surface area contributed by atoms with Gasteiger partial charge in [-0.3, -0.25) is 19.8 Å². The number of carbonyl (C=O) groups is 2. The highest BCUT2D eigenvalue weighted by atomic mass is 32.1. The Morgan fingerprint density at radius 1 is 1.33 bits per heavy atom. The number of benzene rings is 1. The van der Waals surface area contributed by atoms with Crippen LogP contribution in [-0.4, -0.2) is 47.7 Å². The third-order valence-electron chi connectivity index (χ3n) is 3.29. The van der Waals surface area contributed by atoms with E-state index >= 15 is 0 Å². The molecule has 0 aliphatic carbocycles. The SMILES string of the molecule is C=CCN1C(=O)/C(=C/c2cc(O)c(OC)c(OC)c2)C(=O)NC1=S. The molecule has 1 heterocycles. The number of nitrogens with zero attached hydrogens (tertiary/aromatic N) is 1. The van der Waals surface area contributed by atoms with Crippen LogP contribution in [0, 0.1) is 0 Å². The Labute approximate surface area is 144 Å². The lowest BCUT2D eigenvalue weighted by atomic mass is 10.1. The number of thiocarbonyl (C=S) groups is 1. The van der Waals surface area contributed by atoms with Gasteiger partial charge < -0.3 is 14.6 Å². The smallest absolute Gasteiger partial charge is 0.265 e. The fourth-order valence-electron chi connectivity index (χ4n) is 2.20. The molecule has 7 nitrogen and oxygen atoms in total. The Bertz CT molecular complexity index is 757. The largest absolute Gasteiger partial charge is 0.504 e. The van der Waals surface area contributed by atoms with Gasteiger partial charge in [0.25, 0.3) is 11.8 Å². The Balaban J connectivity index is 2.47. The second-order valence-electron chi connectivity index (χ2n) is 4.80. The highest BCUT2D eigenvalue weighted by Crippen LogP contribution is 2.38. The Morgan fingerprint density at radius 2 is 2.04 bits per heavy atom. The summed E-state index contributed by atoms with van der Waals surface area (Å²) in [6.07, 6.45) is 2.85. The minimum absolute atomic E-state index is 0.0252. The van der Waals surface area contributed by atoms with Crippen LogP contribution in [0.2, 0.25) is 0 Å². The van der Waals surface area contributed by atoms with Crippen molar-refractivity contribution in [3.63, 3.8) is 0 Å². The fourth-order valence-corrected chi connectivity index (χ4v) is 2.45. The van der Waals surface area contributed by atoms with E-state index in [4.69, 9.17) is 21.7 Å². The van der Waals surface area contributed by atoms with Gasteiger partial charge in [-0.1, -0.05) is 6.08 Å². The molecular weight excluding hydrogens is 332 g/mol. The van der Waals surface area contributed by atoms with Gasteiger partial charge in [0.05, 0.1) is 14.2 Å². The molecule has 24 heavy (non-hydrogen) atoms. The van der Waals surface area contributed by atoms with E-state index in [1.54, 1.807) is 0 Å². The maximum Gasteiger partial charge on any atom is 0.265 e. The van der Waals surface area contributed by atoms with E-state index in [0.717, 1.165) is 0 Å². The first-order chi connectivity index (χ1) is 11.4. The van der Waals surface area contributed by atoms with Crippen molar-refractivity contribution in [3.8, 4) is 17.2 Å². The molecule has 2 rings (SSSR count). The molecule has 0 atom stereocenters. The number of hydrogen-bond donors (Lipinski definition) is 2. The van der Waals surface area contributed by atoms with E-state index in [9.17, 15) is 14.7 Å². The second kappa shape index (κ2) is 7.14. The number of methoxy groups -OCH3 is 2. The maximum absolute atomic E-state index is 12.4. The number of phenols is 1. The lowest BCUT2D eigenvalue weighted by Gasteiger charge is -2.27. The van der Waals surface area contributed by atoms with Crippen LogP contribution in [0.1, 0.15) is 5.56 Å². The molecule has 0 unspecified atom stereocenters. The highest BCUT2D eigenvalue weighted by Gasteiger charge is 2.32. The summed E-state index contributed by atoms with van der Waals surface area (Å²) in [5.74, 6) is -0.900. The molecule has 0 bridgehead atoms. The Kier molecular flexibility index (Phi) is 5.20. The van der Waals surface area contributed by atoms with Gasteiger partial charge in [0.15, 0.2) is 16.6 Å². The van der Waals surface area contributed by atoms with Gasteiger partial charge in [-0.25, -0.2) is 0 Å². The zero-order valence-electron chi connectivity index (χ0n) is 13.2. The van der Waals surface area contributed by atoms with E-state index in [-0.39, 0.29) is 34.5 Å². The molecule has 1 aromatic rings. The molecule has 1 saturated heterocycles. The number of amides is 2. The lowest BCUT2D eigenvalue weighted by Crippen LogP contribution is -2.53. The number of hydrogen-bond acceptors (Lipinski definition) is 6. The monoisotopic (exact) mass is 348 g/mol. The topological polar surface area (TPSA) is 88.1 Å². The third kappa shape index (κ3) is 3.23. The summed E-state index contributed by atoms with van der Waals surface area (Å²) in [6, 6.07) is 2.90. The average Bonchev–Trinajstić information content (AvgIpc) is 2.54. The van der Waals surface area contributed by atoms with Crippen molar-refractivity contribution >= 4 is 35.2 Å². The summed E-state index contributed by atoms with van der Waals surface area (Å²) < 4.78 is 10.2. The van der Waals surface area contributed by atoms with Crippen LogP contribution in [-0.2, 0) is 9.59 Å². The molecular formula is C16H16N2O5S. The Hall–Kier alpha value is -2.87. The summed E-state index contributed by atoms with van der Waals surface area (Å²) in [5, 5.41) is 12.4. The molecule has 1 aromatic carbocycles. The predicted octanol–water partition coefficient (Wildman–Crippen LogP) is 1.22. The van der Waals surface area contributed by atoms with E-state index in [1.165, 1.54) is 43.4 Å². The van der Waals surface area contributed by atoms with Crippen LogP contribution in [0.4, 0.5) is 0 Å². The Morgan fingerprint density at radius 3 is 2.62 bits per heavy atom. The molecule has 126 valence electrons. The van der Waals surface area contributed by atoms with Crippen molar-refractivity contribution in [2.45, 2.75) is 0 Å². The summed E-state index contributed by atoms with van der Waals surface area (Å²) in [5.41, 5.74) is 0.284. The third-order valence-corrected chi connectivity index (χ3v) is 3.61. The highest BCUT2D eigenvalue weighted by molar-refractivity contribution is 7.80. The van der Waals surface area contributed by atoms with Gasteiger partial charge in [-0.15, -0.1) is 6.58 Å². The normalized spacial score (nSPS) is 16.2. The summed E-state index contributed by atoms with van der Waals surface area (Å²) in [4.78, 5) is 25.7. The first-order valence-corrected chi connectivity index (χ1v) is 7.28. The molecule has 0 saturated carbocycles. The molecule has 1 aliphatic rings. The molecule has 0 spiro atoms. The molecule has 2 amide bonds. The van der Waals surface area contributed by atoms with Crippen molar-refractivity contribution < 1.29 is 24.2 Å². The summed E-state index contributed by atoms with van der Waals surface area (Å²) in [7, 11) is 2.80. The van der Waals surface area contributed by atoms with Gasteiger partial charge >= 0.3 is 0 Å². The number of ether oxygens (including phenoxy) is 2. The molecule has 8 heteroatoms. The molecule has 0 radical (unpaired) electrons. The molecule has 0 aromatic heterocycles. The summed E-state index contributed by atoms with van der Waals surface area (Å²) >= 11 is 4.98. The number of carbonyl (C=O) groups excluding carboxylic acids is 2. The molecule has 1 aliphatic heterocycles. The number of rotatable bonds is 5. The van der Waals surface area contributed by atoms with Crippen molar-refractivity contribution in [2.24, 2.45) is 0 Å². The zero-order valence-corrected chi connectivity index (χ0v) is 14.0. The second-order valence-corrected chi connectivity index (χ2v) is 5.18. The number of nitrogens with one attached hydrogen (secondary N) is 1. The zero-order chi connectivity index (χ0) is 17.9. The maximum atomic E-state index is 12.4. The molecule has 1 fully saturated rings. The fraction of sp³-hybridized carbons (Fsp3) is 0.188. The molecule has 2 N–H and O–H groups in total. The number of phenolic OH excluding ortho intramolecular Hbond substituents is 1. The van der Waals surface area contributed by atoms with E-state index in [0.29, 0.717) is 5.56 Å². The predicted molar refractivity (Wildman–Crippen MR) is 91.8 cm³/mol. The van der Waals surface area contributed by atoms with Crippen LogP contribution >= 0.6 is 12.2 Å². The average molecular weight is 348 g/mol. The lowest BCUT2D eigenvalue weighted by molar-refractivity contribution is -0.128. The van der Waals surface area contributed by atoms with Crippen LogP contribution in [0.25, 0.3) is 6.08 Å². The minimum atomic E-state index is -0.611. The van der Waals surface area contributed by atoms with Gasteiger partial charge in [-0.05, 0) is 36.0 Å². The van der Waals surface area contributed by atoms with Gasteiger partial charge in [0.1, 0.15) is 5.57 Å². The van der Waals surface area contributed by atoms with Crippen LogP contribution in [0.5, 0.6) is 17.2 Å².